The molecular formula is C15H16N4. The maximum Gasteiger partial charge on any atom is 0.0958 e. The summed E-state index contributed by atoms with van der Waals surface area (Å²) in [5.74, 6) is -0.140. The van der Waals surface area contributed by atoms with Gasteiger partial charge in [-0.3, -0.25) is 0 Å². The molecular weight excluding hydrogens is 236 g/mol. The molecule has 0 spiro atoms. The van der Waals surface area contributed by atoms with Crippen molar-refractivity contribution in [3.05, 3.63) is 29.6 Å². The summed E-state index contributed by atoms with van der Waals surface area (Å²) in [5, 5.41) is 17.7. The quantitative estimate of drug-likeness (QED) is 0.839. The molecule has 1 heterocycles. The number of rotatable bonds is 4. The smallest absolute Gasteiger partial charge is 0.0958 e. The van der Waals surface area contributed by atoms with E-state index in [2.05, 4.69) is 43.1 Å². The fourth-order valence-electron chi connectivity index (χ4n) is 2.13. The molecule has 0 aliphatic carbocycles. The molecule has 2 aromatic rings. The molecule has 0 fully saturated rings. The van der Waals surface area contributed by atoms with Crippen LogP contribution in [0.4, 0.5) is 0 Å². The van der Waals surface area contributed by atoms with Crippen LogP contribution < -0.4 is 0 Å². The molecule has 0 N–H and O–H groups in total. The fraction of sp³-hybridized carbons (Fsp3) is 0.400. The third kappa shape index (κ3) is 2.74. The summed E-state index contributed by atoms with van der Waals surface area (Å²) in [6.07, 6.45) is 2.81. The number of nitriles is 2. The Balaban J connectivity index is 2.28. The van der Waals surface area contributed by atoms with Crippen LogP contribution in [0.2, 0.25) is 0 Å². The molecule has 1 aromatic carbocycles. The highest BCUT2D eigenvalue weighted by molar-refractivity contribution is 5.77. The Bertz CT molecular complexity index is 670. The molecule has 0 saturated carbocycles. The number of imidazole rings is 1. The van der Waals surface area contributed by atoms with E-state index in [0.717, 1.165) is 11.0 Å². The molecule has 19 heavy (non-hydrogen) atoms. The van der Waals surface area contributed by atoms with E-state index in [9.17, 15) is 0 Å². The average Bonchev–Trinajstić information content (AvgIpc) is 2.77. The van der Waals surface area contributed by atoms with E-state index in [1.165, 1.54) is 11.1 Å². The summed E-state index contributed by atoms with van der Waals surface area (Å²) in [7, 11) is 0. The van der Waals surface area contributed by atoms with Gasteiger partial charge < -0.3 is 4.57 Å². The molecule has 4 heteroatoms. The first kappa shape index (κ1) is 13.1. The van der Waals surface area contributed by atoms with Crippen LogP contribution in [-0.2, 0) is 6.54 Å². The minimum Gasteiger partial charge on any atom is -0.329 e. The third-order valence-electron chi connectivity index (χ3n) is 3.44. The number of benzene rings is 1. The van der Waals surface area contributed by atoms with E-state index in [4.69, 9.17) is 10.5 Å². The molecule has 0 saturated heterocycles. The summed E-state index contributed by atoms with van der Waals surface area (Å²) < 4.78 is 2.01. The topological polar surface area (TPSA) is 65.4 Å². The first-order valence-electron chi connectivity index (χ1n) is 6.34. The van der Waals surface area contributed by atoms with E-state index in [1.807, 2.05) is 4.57 Å². The number of hydrogen-bond acceptors (Lipinski definition) is 3. The zero-order valence-electron chi connectivity index (χ0n) is 11.2. The standard InChI is InChI=1S/C15H16N4/c1-11-6-14-15(7-12(11)2)19(10-18-14)9-13(8-17)4-3-5-16/h6-7,10,13H,3-4,9H2,1-2H3/t13-/m1/s1. The molecule has 0 radical (unpaired) electrons. The van der Waals surface area contributed by atoms with Crippen molar-refractivity contribution >= 4 is 11.0 Å². The summed E-state index contributed by atoms with van der Waals surface area (Å²) in [6.45, 7) is 4.74. The lowest BCUT2D eigenvalue weighted by atomic mass is 10.1. The van der Waals surface area contributed by atoms with Crippen molar-refractivity contribution in [3.63, 3.8) is 0 Å². The van der Waals surface area contributed by atoms with Gasteiger partial charge in [-0.2, -0.15) is 10.5 Å². The van der Waals surface area contributed by atoms with Gasteiger partial charge >= 0.3 is 0 Å². The van der Waals surface area contributed by atoms with E-state index >= 15 is 0 Å². The number of aromatic nitrogens is 2. The van der Waals surface area contributed by atoms with Crippen LogP contribution in [0, 0.1) is 42.4 Å². The predicted molar refractivity (Wildman–Crippen MR) is 73.2 cm³/mol. The molecule has 0 aliphatic heterocycles. The first-order chi connectivity index (χ1) is 9.15. The molecule has 4 nitrogen and oxygen atoms in total. The summed E-state index contributed by atoms with van der Waals surface area (Å²) >= 11 is 0. The van der Waals surface area contributed by atoms with Crippen LogP contribution in [0.25, 0.3) is 11.0 Å². The van der Waals surface area contributed by atoms with Crippen molar-refractivity contribution in [2.24, 2.45) is 5.92 Å². The zero-order valence-corrected chi connectivity index (χ0v) is 11.2. The Kier molecular flexibility index (Phi) is 3.82. The summed E-state index contributed by atoms with van der Waals surface area (Å²) in [6, 6.07) is 8.53. The molecule has 1 atom stereocenters. The zero-order chi connectivity index (χ0) is 13.8. The van der Waals surface area contributed by atoms with Crippen molar-refractivity contribution in [1.82, 2.24) is 9.55 Å². The van der Waals surface area contributed by atoms with Gasteiger partial charge in [0.1, 0.15) is 0 Å². The number of hydrogen-bond donors (Lipinski definition) is 0. The maximum absolute atomic E-state index is 9.13. The molecule has 96 valence electrons. The lowest BCUT2D eigenvalue weighted by Gasteiger charge is -2.09. The maximum atomic E-state index is 9.13. The second kappa shape index (κ2) is 5.54. The first-order valence-corrected chi connectivity index (χ1v) is 6.34. The lowest BCUT2D eigenvalue weighted by Crippen LogP contribution is -2.08. The van der Waals surface area contributed by atoms with Crippen molar-refractivity contribution < 1.29 is 0 Å². The summed E-state index contributed by atoms with van der Waals surface area (Å²) in [5.41, 5.74) is 4.46. The Morgan fingerprint density at radius 3 is 2.68 bits per heavy atom. The van der Waals surface area contributed by atoms with Crippen LogP contribution in [0.3, 0.4) is 0 Å². The van der Waals surface area contributed by atoms with E-state index in [0.29, 0.717) is 19.4 Å². The Morgan fingerprint density at radius 2 is 2.00 bits per heavy atom. The van der Waals surface area contributed by atoms with E-state index in [1.54, 1.807) is 6.33 Å². The van der Waals surface area contributed by atoms with Gasteiger partial charge in [0, 0.05) is 13.0 Å². The van der Waals surface area contributed by atoms with Gasteiger partial charge in [0.2, 0.25) is 0 Å². The Morgan fingerprint density at radius 1 is 1.26 bits per heavy atom. The van der Waals surface area contributed by atoms with Gasteiger partial charge in [-0.25, -0.2) is 4.98 Å². The third-order valence-corrected chi connectivity index (χ3v) is 3.44. The van der Waals surface area contributed by atoms with Gasteiger partial charge in [0.05, 0.1) is 35.4 Å². The molecule has 0 unspecified atom stereocenters. The van der Waals surface area contributed by atoms with Gasteiger partial charge in [0.25, 0.3) is 0 Å². The molecule has 0 bridgehead atoms. The van der Waals surface area contributed by atoms with Gasteiger partial charge in [-0.15, -0.1) is 0 Å². The summed E-state index contributed by atoms with van der Waals surface area (Å²) in [4.78, 5) is 4.38. The van der Waals surface area contributed by atoms with Crippen molar-refractivity contribution in [3.8, 4) is 12.1 Å². The number of aryl methyl sites for hydroxylation is 2. The van der Waals surface area contributed by atoms with Crippen LogP contribution in [0.5, 0.6) is 0 Å². The second-order valence-electron chi connectivity index (χ2n) is 4.84. The predicted octanol–water partition coefficient (Wildman–Crippen LogP) is 3.10. The van der Waals surface area contributed by atoms with Crippen molar-refractivity contribution in [2.45, 2.75) is 33.2 Å². The van der Waals surface area contributed by atoms with Crippen LogP contribution in [-0.4, -0.2) is 9.55 Å². The van der Waals surface area contributed by atoms with Gasteiger partial charge in [-0.05, 0) is 43.5 Å². The largest absolute Gasteiger partial charge is 0.329 e. The Hall–Kier alpha value is -2.33. The minimum absolute atomic E-state index is 0.140. The SMILES string of the molecule is Cc1cc2ncn(C[C@@H](C#N)CCC#N)c2cc1C. The van der Waals surface area contributed by atoms with Gasteiger partial charge in [-0.1, -0.05) is 0 Å². The van der Waals surface area contributed by atoms with Crippen LogP contribution >= 0.6 is 0 Å². The molecule has 0 amide bonds. The highest BCUT2D eigenvalue weighted by atomic mass is 15.0. The van der Waals surface area contributed by atoms with E-state index < -0.39 is 0 Å². The second-order valence-corrected chi connectivity index (χ2v) is 4.84. The normalized spacial score (nSPS) is 12.0. The Labute approximate surface area is 112 Å². The monoisotopic (exact) mass is 252 g/mol. The van der Waals surface area contributed by atoms with E-state index in [-0.39, 0.29) is 5.92 Å². The van der Waals surface area contributed by atoms with Crippen LogP contribution in [0.1, 0.15) is 24.0 Å². The highest BCUT2D eigenvalue weighted by Crippen LogP contribution is 2.20. The molecule has 2 rings (SSSR count). The number of nitrogens with zero attached hydrogens (tertiary/aromatic N) is 4. The van der Waals surface area contributed by atoms with Gasteiger partial charge in [0.15, 0.2) is 0 Å². The molecule has 0 aliphatic rings. The van der Waals surface area contributed by atoms with Crippen LogP contribution in [0.15, 0.2) is 18.5 Å². The average molecular weight is 252 g/mol. The van der Waals surface area contributed by atoms with Crippen molar-refractivity contribution in [2.75, 3.05) is 0 Å². The number of fused-ring (bicyclic) bond motifs is 1. The minimum atomic E-state index is -0.140. The fourth-order valence-corrected chi connectivity index (χ4v) is 2.13. The van der Waals surface area contributed by atoms with Crippen molar-refractivity contribution in [1.29, 1.82) is 10.5 Å². The highest BCUT2D eigenvalue weighted by Gasteiger charge is 2.11. The lowest BCUT2D eigenvalue weighted by molar-refractivity contribution is 0.519. The molecule has 1 aromatic heterocycles.